The zero-order valence-electron chi connectivity index (χ0n) is 16.4. The second kappa shape index (κ2) is 8.32. The molecule has 1 amide bonds. The molecule has 0 spiro atoms. The SMILES string of the molecule is Cc1noc(C)c1S(=O)(=O)N[C@@H](C)C(=O)Nc1ccccc1N1CCCCC1. The Morgan fingerprint density at radius 2 is 1.86 bits per heavy atom. The molecule has 0 aliphatic carbocycles. The number of nitrogens with one attached hydrogen (secondary N) is 2. The van der Waals surface area contributed by atoms with Crippen molar-refractivity contribution in [1.29, 1.82) is 0 Å². The number of piperidine rings is 1. The molecule has 1 atom stereocenters. The maximum absolute atomic E-state index is 12.7. The molecule has 1 saturated heterocycles. The van der Waals surface area contributed by atoms with Crippen molar-refractivity contribution in [2.75, 3.05) is 23.3 Å². The van der Waals surface area contributed by atoms with Crippen molar-refractivity contribution in [2.24, 2.45) is 0 Å². The number of carbonyl (C=O) groups excluding carboxylic acids is 1. The molecule has 1 aliphatic rings. The minimum Gasteiger partial charge on any atom is -0.370 e. The summed E-state index contributed by atoms with van der Waals surface area (Å²) in [4.78, 5) is 14.9. The van der Waals surface area contributed by atoms with E-state index in [-0.39, 0.29) is 16.3 Å². The number of aromatic nitrogens is 1. The van der Waals surface area contributed by atoms with Crippen LogP contribution in [-0.4, -0.2) is 38.6 Å². The molecule has 0 unspecified atom stereocenters. The van der Waals surface area contributed by atoms with Gasteiger partial charge < -0.3 is 14.7 Å². The Hall–Kier alpha value is -2.39. The summed E-state index contributed by atoms with van der Waals surface area (Å²) in [6.45, 7) is 6.47. The molecule has 28 heavy (non-hydrogen) atoms. The van der Waals surface area contributed by atoms with E-state index in [1.165, 1.54) is 20.3 Å². The van der Waals surface area contributed by atoms with Gasteiger partial charge in [-0.3, -0.25) is 4.79 Å². The minimum atomic E-state index is -3.92. The summed E-state index contributed by atoms with van der Waals surface area (Å²) < 4.78 is 32.6. The van der Waals surface area contributed by atoms with E-state index >= 15 is 0 Å². The van der Waals surface area contributed by atoms with Gasteiger partial charge in [-0.25, -0.2) is 8.42 Å². The summed E-state index contributed by atoms with van der Waals surface area (Å²) in [5.74, 6) is -0.243. The number of hydrogen-bond donors (Lipinski definition) is 2. The van der Waals surface area contributed by atoms with Crippen LogP contribution in [0.4, 0.5) is 11.4 Å². The first-order chi connectivity index (χ1) is 13.3. The van der Waals surface area contributed by atoms with E-state index in [1.807, 2.05) is 24.3 Å². The van der Waals surface area contributed by atoms with Gasteiger partial charge in [0.2, 0.25) is 15.9 Å². The molecular formula is C19H26N4O4S. The highest BCUT2D eigenvalue weighted by molar-refractivity contribution is 7.89. The van der Waals surface area contributed by atoms with Crippen LogP contribution < -0.4 is 14.9 Å². The van der Waals surface area contributed by atoms with E-state index in [2.05, 4.69) is 20.1 Å². The number of benzene rings is 1. The fourth-order valence-corrected chi connectivity index (χ4v) is 4.97. The van der Waals surface area contributed by atoms with Gasteiger partial charge in [-0.1, -0.05) is 17.3 Å². The lowest BCUT2D eigenvalue weighted by molar-refractivity contribution is -0.117. The number of carbonyl (C=O) groups is 1. The van der Waals surface area contributed by atoms with Crippen LogP contribution in [0, 0.1) is 13.8 Å². The summed E-state index contributed by atoms with van der Waals surface area (Å²) >= 11 is 0. The number of hydrogen-bond acceptors (Lipinski definition) is 6. The third-order valence-corrected chi connectivity index (χ3v) is 6.60. The van der Waals surface area contributed by atoms with E-state index in [0.717, 1.165) is 31.6 Å². The van der Waals surface area contributed by atoms with E-state index in [4.69, 9.17) is 4.52 Å². The normalized spacial score (nSPS) is 16.0. The number of nitrogens with zero attached hydrogens (tertiary/aromatic N) is 2. The summed E-state index contributed by atoms with van der Waals surface area (Å²) in [7, 11) is -3.92. The lowest BCUT2D eigenvalue weighted by atomic mass is 10.1. The van der Waals surface area contributed by atoms with Crippen molar-refractivity contribution in [2.45, 2.75) is 51.0 Å². The monoisotopic (exact) mass is 406 g/mol. The summed E-state index contributed by atoms with van der Waals surface area (Å²) in [6.07, 6.45) is 3.46. The summed E-state index contributed by atoms with van der Waals surface area (Å²) in [6, 6.07) is 6.62. The fourth-order valence-electron chi connectivity index (χ4n) is 3.43. The Labute approximate surface area is 165 Å². The number of sulfonamides is 1. The molecule has 1 fully saturated rings. The van der Waals surface area contributed by atoms with Crippen molar-refractivity contribution in [3.63, 3.8) is 0 Å². The van der Waals surface area contributed by atoms with Crippen molar-refractivity contribution in [3.8, 4) is 0 Å². The standard InChI is InChI=1S/C19H26N4O4S/c1-13-18(15(3)27-21-13)28(25,26)22-14(2)19(24)20-16-9-5-6-10-17(16)23-11-7-4-8-12-23/h5-6,9-10,14,22H,4,7-8,11-12H2,1-3H3,(H,20,24)/t14-/m0/s1. The Bertz CT molecular complexity index is 929. The largest absolute Gasteiger partial charge is 0.370 e. The van der Waals surface area contributed by atoms with Crippen LogP contribution in [0.1, 0.15) is 37.6 Å². The first-order valence-electron chi connectivity index (χ1n) is 9.39. The Morgan fingerprint density at radius 1 is 1.18 bits per heavy atom. The second-order valence-corrected chi connectivity index (χ2v) is 8.70. The third kappa shape index (κ3) is 4.36. The van der Waals surface area contributed by atoms with Gasteiger partial charge in [-0.2, -0.15) is 4.72 Å². The van der Waals surface area contributed by atoms with Gasteiger partial charge in [0.15, 0.2) is 5.76 Å². The molecule has 1 aliphatic heterocycles. The van der Waals surface area contributed by atoms with E-state index in [0.29, 0.717) is 5.69 Å². The maximum Gasteiger partial charge on any atom is 0.246 e. The van der Waals surface area contributed by atoms with E-state index in [9.17, 15) is 13.2 Å². The van der Waals surface area contributed by atoms with Crippen LogP contribution in [-0.2, 0) is 14.8 Å². The van der Waals surface area contributed by atoms with Crippen molar-refractivity contribution < 1.29 is 17.7 Å². The minimum absolute atomic E-state index is 0.0270. The number of para-hydroxylation sites is 2. The Morgan fingerprint density at radius 3 is 2.50 bits per heavy atom. The highest BCUT2D eigenvalue weighted by Gasteiger charge is 2.28. The van der Waals surface area contributed by atoms with Crippen LogP contribution in [0.2, 0.25) is 0 Å². The van der Waals surface area contributed by atoms with E-state index < -0.39 is 22.0 Å². The predicted molar refractivity (Wildman–Crippen MR) is 107 cm³/mol. The molecule has 2 N–H and O–H groups in total. The van der Waals surface area contributed by atoms with E-state index in [1.54, 1.807) is 6.92 Å². The first kappa shape index (κ1) is 20.3. The second-order valence-electron chi connectivity index (χ2n) is 7.05. The van der Waals surface area contributed by atoms with Gasteiger partial charge >= 0.3 is 0 Å². The van der Waals surface area contributed by atoms with Crippen molar-refractivity contribution in [3.05, 3.63) is 35.7 Å². The average Bonchev–Trinajstić information content (AvgIpc) is 3.01. The zero-order chi connectivity index (χ0) is 20.3. The molecule has 0 saturated carbocycles. The van der Waals surface area contributed by atoms with Crippen LogP contribution >= 0.6 is 0 Å². The lowest BCUT2D eigenvalue weighted by Crippen LogP contribution is -2.42. The van der Waals surface area contributed by atoms with Crippen molar-refractivity contribution >= 4 is 27.3 Å². The van der Waals surface area contributed by atoms with Crippen LogP contribution in [0.25, 0.3) is 0 Å². The van der Waals surface area contributed by atoms with Gasteiger partial charge in [-0.05, 0) is 52.2 Å². The van der Waals surface area contributed by atoms with Gasteiger partial charge in [0, 0.05) is 13.1 Å². The molecule has 2 heterocycles. The van der Waals surface area contributed by atoms with Crippen LogP contribution in [0.15, 0.2) is 33.7 Å². The molecule has 3 rings (SSSR count). The molecule has 0 bridgehead atoms. The number of anilines is 2. The molecule has 9 heteroatoms. The molecule has 0 radical (unpaired) electrons. The Balaban J connectivity index is 1.73. The quantitative estimate of drug-likeness (QED) is 0.764. The van der Waals surface area contributed by atoms with Gasteiger partial charge in [0.25, 0.3) is 0 Å². The number of amides is 1. The third-order valence-electron chi connectivity index (χ3n) is 4.82. The molecule has 2 aromatic rings. The molecule has 8 nitrogen and oxygen atoms in total. The van der Waals surface area contributed by atoms with Crippen molar-refractivity contribution in [1.82, 2.24) is 9.88 Å². The number of rotatable bonds is 6. The highest BCUT2D eigenvalue weighted by Crippen LogP contribution is 2.28. The summed E-state index contributed by atoms with van der Waals surface area (Å²) in [5, 5.41) is 6.52. The van der Waals surface area contributed by atoms with Gasteiger partial charge in [0.05, 0.1) is 17.4 Å². The first-order valence-corrected chi connectivity index (χ1v) is 10.9. The molecular weight excluding hydrogens is 380 g/mol. The van der Waals surface area contributed by atoms with Crippen LogP contribution in [0.3, 0.4) is 0 Å². The zero-order valence-corrected chi connectivity index (χ0v) is 17.2. The fraction of sp³-hybridized carbons (Fsp3) is 0.474. The number of aryl methyl sites for hydroxylation is 2. The van der Waals surface area contributed by atoms with Gasteiger partial charge in [0.1, 0.15) is 10.6 Å². The lowest BCUT2D eigenvalue weighted by Gasteiger charge is -2.30. The molecule has 152 valence electrons. The smallest absolute Gasteiger partial charge is 0.246 e. The molecule has 1 aromatic heterocycles. The predicted octanol–water partition coefficient (Wildman–Crippen LogP) is 2.59. The Kier molecular flexibility index (Phi) is 6.04. The summed E-state index contributed by atoms with van der Waals surface area (Å²) in [5.41, 5.74) is 1.89. The maximum atomic E-state index is 12.7. The topological polar surface area (TPSA) is 105 Å². The average molecular weight is 407 g/mol. The van der Waals surface area contributed by atoms with Crippen LogP contribution in [0.5, 0.6) is 0 Å². The molecule has 1 aromatic carbocycles. The highest BCUT2D eigenvalue weighted by atomic mass is 32.2. The van der Waals surface area contributed by atoms with Gasteiger partial charge in [-0.15, -0.1) is 0 Å².